The van der Waals surface area contributed by atoms with Crippen LogP contribution in [0.5, 0.6) is 0 Å². The normalized spacial score (nSPS) is 11.5. The average molecular weight is 447 g/mol. The van der Waals surface area contributed by atoms with Crippen molar-refractivity contribution in [1.29, 1.82) is 0 Å². The number of para-hydroxylation sites is 1. The number of halogens is 2. The van der Waals surface area contributed by atoms with Crippen LogP contribution >= 0.6 is 11.6 Å². The quantitative estimate of drug-likeness (QED) is 0.576. The van der Waals surface area contributed by atoms with Crippen molar-refractivity contribution < 1.29 is 17.6 Å². The summed E-state index contributed by atoms with van der Waals surface area (Å²) in [7, 11) is -4.31. The van der Waals surface area contributed by atoms with Gasteiger partial charge in [-0.15, -0.1) is 0 Å². The second-order valence-electron chi connectivity index (χ2n) is 6.66. The number of hydrogen-bond acceptors (Lipinski definition) is 3. The first kappa shape index (κ1) is 22.0. The fourth-order valence-corrected chi connectivity index (χ4v) is 4.53. The molecule has 0 aliphatic rings. The summed E-state index contributed by atoms with van der Waals surface area (Å²) in [6.07, 6.45) is 0. The zero-order chi connectivity index (χ0) is 21.7. The van der Waals surface area contributed by atoms with E-state index in [-0.39, 0.29) is 6.54 Å². The fraction of sp³-hybridized carbons (Fsp3) is 0.136. The van der Waals surface area contributed by atoms with Gasteiger partial charge in [0.2, 0.25) is 15.9 Å². The second-order valence-corrected chi connectivity index (χ2v) is 8.97. The molecule has 0 aliphatic carbocycles. The van der Waals surface area contributed by atoms with Crippen LogP contribution in [0.1, 0.15) is 11.1 Å². The van der Waals surface area contributed by atoms with E-state index in [0.29, 0.717) is 16.3 Å². The Balaban J connectivity index is 1.93. The van der Waals surface area contributed by atoms with Crippen molar-refractivity contribution in [1.82, 2.24) is 4.31 Å². The van der Waals surface area contributed by atoms with Crippen LogP contribution in [0, 0.1) is 12.7 Å². The van der Waals surface area contributed by atoms with E-state index in [1.807, 2.05) is 19.1 Å². The highest BCUT2D eigenvalue weighted by Gasteiger charge is 2.30. The molecule has 0 spiro atoms. The summed E-state index contributed by atoms with van der Waals surface area (Å²) in [5, 5.41) is 3.06. The molecule has 5 nitrogen and oxygen atoms in total. The molecule has 0 radical (unpaired) electrons. The minimum Gasteiger partial charge on any atom is -0.325 e. The fourth-order valence-electron chi connectivity index (χ4n) is 2.90. The van der Waals surface area contributed by atoms with E-state index < -0.39 is 33.2 Å². The minimum absolute atomic E-state index is 0.183. The van der Waals surface area contributed by atoms with E-state index in [4.69, 9.17) is 11.6 Å². The van der Waals surface area contributed by atoms with Gasteiger partial charge < -0.3 is 5.32 Å². The van der Waals surface area contributed by atoms with Gasteiger partial charge in [0.05, 0.1) is 6.54 Å². The zero-order valence-corrected chi connectivity index (χ0v) is 17.8. The Bertz CT molecular complexity index is 1170. The Labute approximate surface area is 180 Å². The topological polar surface area (TPSA) is 66.5 Å². The lowest BCUT2D eigenvalue weighted by Gasteiger charge is -2.23. The van der Waals surface area contributed by atoms with E-state index in [9.17, 15) is 17.6 Å². The van der Waals surface area contributed by atoms with Crippen LogP contribution in [0.2, 0.25) is 5.02 Å². The van der Waals surface area contributed by atoms with Crippen molar-refractivity contribution in [2.75, 3.05) is 11.9 Å². The van der Waals surface area contributed by atoms with Crippen LogP contribution in [0.25, 0.3) is 0 Å². The molecular weight excluding hydrogens is 427 g/mol. The number of amides is 1. The van der Waals surface area contributed by atoms with Gasteiger partial charge in [0.15, 0.2) is 0 Å². The lowest BCUT2D eigenvalue weighted by molar-refractivity contribution is -0.116. The summed E-state index contributed by atoms with van der Waals surface area (Å²) in [6.45, 7) is 1.14. The van der Waals surface area contributed by atoms with Crippen LogP contribution < -0.4 is 5.32 Å². The van der Waals surface area contributed by atoms with Crippen molar-refractivity contribution in [3.63, 3.8) is 0 Å². The number of hydrogen-bond donors (Lipinski definition) is 1. The van der Waals surface area contributed by atoms with Crippen molar-refractivity contribution in [3.8, 4) is 0 Å². The summed E-state index contributed by atoms with van der Waals surface area (Å²) in [6, 6.07) is 18.9. The van der Waals surface area contributed by atoms with Crippen molar-refractivity contribution >= 4 is 33.2 Å². The van der Waals surface area contributed by atoms with Gasteiger partial charge in [-0.2, -0.15) is 4.31 Å². The number of sulfonamides is 1. The highest BCUT2D eigenvalue weighted by atomic mass is 35.5. The summed E-state index contributed by atoms with van der Waals surface area (Å²) < 4.78 is 41.6. The average Bonchev–Trinajstić information content (AvgIpc) is 2.71. The zero-order valence-electron chi connectivity index (χ0n) is 16.2. The molecule has 0 fully saturated rings. The maximum absolute atomic E-state index is 14.3. The molecule has 1 amide bonds. The molecule has 0 saturated heterocycles. The van der Waals surface area contributed by atoms with Crippen LogP contribution in [0.3, 0.4) is 0 Å². The van der Waals surface area contributed by atoms with E-state index in [2.05, 4.69) is 5.32 Å². The number of aryl methyl sites for hydroxylation is 1. The largest absolute Gasteiger partial charge is 0.325 e. The molecule has 0 heterocycles. The monoisotopic (exact) mass is 446 g/mol. The molecule has 0 aromatic heterocycles. The SMILES string of the molecule is Cc1ccccc1NC(=O)CN(Cc1ccccc1Cl)S(=O)(=O)c1ccccc1F. The maximum atomic E-state index is 14.3. The third-order valence-corrected chi connectivity index (χ3v) is 6.69. The van der Waals surface area contributed by atoms with E-state index >= 15 is 0 Å². The predicted molar refractivity (Wildman–Crippen MR) is 115 cm³/mol. The summed E-state index contributed by atoms with van der Waals surface area (Å²) in [5.74, 6) is -1.43. The number of anilines is 1. The highest BCUT2D eigenvalue weighted by Crippen LogP contribution is 2.24. The summed E-state index contributed by atoms with van der Waals surface area (Å²) in [4.78, 5) is 12.2. The minimum atomic E-state index is -4.31. The lowest BCUT2D eigenvalue weighted by Crippen LogP contribution is -2.38. The van der Waals surface area contributed by atoms with Crippen LogP contribution in [0.4, 0.5) is 10.1 Å². The molecule has 0 atom stereocenters. The molecule has 156 valence electrons. The molecule has 3 rings (SSSR count). The van der Waals surface area contributed by atoms with Crippen LogP contribution in [0.15, 0.2) is 77.7 Å². The highest BCUT2D eigenvalue weighted by molar-refractivity contribution is 7.89. The number of benzene rings is 3. The summed E-state index contributed by atoms with van der Waals surface area (Å²) >= 11 is 6.19. The molecule has 30 heavy (non-hydrogen) atoms. The summed E-state index contributed by atoms with van der Waals surface area (Å²) in [5.41, 5.74) is 1.91. The molecule has 3 aromatic carbocycles. The second kappa shape index (κ2) is 9.38. The molecule has 0 saturated carbocycles. The number of nitrogens with one attached hydrogen (secondary N) is 1. The van der Waals surface area contributed by atoms with Crippen LogP contribution in [-0.4, -0.2) is 25.2 Å². The Kier molecular flexibility index (Phi) is 6.87. The van der Waals surface area contributed by atoms with E-state index in [1.54, 1.807) is 36.4 Å². The predicted octanol–water partition coefficient (Wildman–Crippen LogP) is 4.62. The lowest BCUT2D eigenvalue weighted by atomic mass is 10.2. The van der Waals surface area contributed by atoms with Crippen molar-refractivity contribution in [2.24, 2.45) is 0 Å². The molecule has 0 aliphatic heterocycles. The number of rotatable bonds is 7. The van der Waals surface area contributed by atoms with Gasteiger partial charge in [-0.3, -0.25) is 4.79 Å². The van der Waals surface area contributed by atoms with Crippen molar-refractivity contribution in [2.45, 2.75) is 18.4 Å². The Morgan fingerprint density at radius 2 is 1.63 bits per heavy atom. The van der Waals surface area contributed by atoms with Gasteiger partial charge in [0, 0.05) is 17.3 Å². The molecule has 8 heteroatoms. The molecular formula is C22H20ClFN2O3S. The molecule has 0 bridgehead atoms. The third-order valence-electron chi connectivity index (χ3n) is 4.50. The maximum Gasteiger partial charge on any atom is 0.246 e. The van der Waals surface area contributed by atoms with Crippen LogP contribution in [-0.2, 0) is 21.4 Å². The first-order chi connectivity index (χ1) is 14.3. The number of carbonyl (C=O) groups excluding carboxylic acids is 1. The van der Waals surface area contributed by atoms with Gasteiger partial charge in [-0.1, -0.05) is 60.1 Å². The van der Waals surface area contributed by atoms with E-state index in [1.165, 1.54) is 18.2 Å². The number of nitrogens with zero attached hydrogens (tertiary/aromatic N) is 1. The first-order valence-electron chi connectivity index (χ1n) is 9.12. The molecule has 3 aromatic rings. The Morgan fingerprint density at radius 1 is 1.00 bits per heavy atom. The van der Waals surface area contributed by atoms with E-state index in [0.717, 1.165) is 15.9 Å². The van der Waals surface area contributed by atoms with Gasteiger partial charge in [0.25, 0.3) is 0 Å². The molecule has 0 unspecified atom stereocenters. The van der Waals surface area contributed by atoms with Gasteiger partial charge >= 0.3 is 0 Å². The smallest absolute Gasteiger partial charge is 0.246 e. The Hall–Kier alpha value is -2.74. The standard InChI is InChI=1S/C22H20ClFN2O3S/c1-16-8-2-6-12-20(16)25-22(27)15-26(14-17-9-3-4-10-18(17)23)30(28,29)21-13-7-5-11-19(21)24/h2-13H,14-15H2,1H3,(H,25,27). The number of carbonyl (C=O) groups is 1. The van der Waals surface area contributed by atoms with Gasteiger partial charge in [-0.25, -0.2) is 12.8 Å². The van der Waals surface area contributed by atoms with Gasteiger partial charge in [0.1, 0.15) is 10.7 Å². The molecule has 1 N–H and O–H groups in total. The third kappa shape index (κ3) is 5.05. The first-order valence-corrected chi connectivity index (χ1v) is 10.9. The van der Waals surface area contributed by atoms with Crippen molar-refractivity contribution in [3.05, 3.63) is 94.8 Å². The Morgan fingerprint density at radius 3 is 2.33 bits per heavy atom. The van der Waals surface area contributed by atoms with Gasteiger partial charge in [-0.05, 0) is 42.3 Å².